The van der Waals surface area contributed by atoms with Crippen molar-refractivity contribution in [1.29, 1.82) is 0 Å². The lowest BCUT2D eigenvalue weighted by molar-refractivity contribution is -0.151. The summed E-state index contributed by atoms with van der Waals surface area (Å²) in [7, 11) is 0. The normalized spacial score (nSPS) is 13.3. The van der Waals surface area contributed by atoms with Crippen LogP contribution in [0.4, 0.5) is 0 Å². The summed E-state index contributed by atoms with van der Waals surface area (Å²) in [6.45, 7) is 6.50. The second kappa shape index (κ2) is 52.3. The van der Waals surface area contributed by atoms with Gasteiger partial charge in [-0.2, -0.15) is 0 Å². The number of carbonyl (C=O) groups excluding carboxylic acids is 2. The van der Waals surface area contributed by atoms with Crippen molar-refractivity contribution in [3.8, 4) is 0 Å². The van der Waals surface area contributed by atoms with E-state index >= 15 is 0 Å². The third-order valence-electron chi connectivity index (χ3n) is 13.3. The molecule has 0 saturated heterocycles. The number of nitrogens with one attached hydrogen (secondary N) is 1. The molecule has 0 saturated carbocycles. The zero-order valence-corrected chi connectivity index (χ0v) is 43.2. The van der Waals surface area contributed by atoms with E-state index in [1.165, 1.54) is 199 Å². The van der Waals surface area contributed by atoms with Crippen LogP contribution in [0.15, 0.2) is 24.3 Å². The Morgan fingerprint density at radius 3 is 1.11 bits per heavy atom. The standard InChI is InChI=1S/C58H111NO5/c1-4-7-10-13-16-19-22-25-27-28-30-33-35-38-41-44-47-50-56(61)55(53-60)59-57(62)52-54(49-46-43-40-37-34-32-29-26-23-20-17-14-11-8-5-2)64-58(63)51-48-45-42-39-36-31-24-21-18-15-12-9-6-3/h26,29,31,36,54-56,60-61H,4-25,27-28,30,32-35,37-53H2,1-3H3,(H,59,62)/b29-26+,36-31-. The lowest BCUT2D eigenvalue weighted by Gasteiger charge is -2.24. The molecule has 6 nitrogen and oxygen atoms in total. The molecule has 0 rings (SSSR count). The van der Waals surface area contributed by atoms with Crippen LogP contribution in [0.1, 0.15) is 310 Å². The van der Waals surface area contributed by atoms with E-state index in [1.807, 2.05) is 0 Å². The number of unbranched alkanes of at least 4 members (excludes halogenated alkanes) is 36. The number of amides is 1. The Kier molecular flexibility index (Phi) is 51.0. The number of esters is 1. The first-order chi connectivity index (χ1) is 31.5. The first kappa shape index (κ1) is 62.3. The Morgan fingerprint density at radius 1 is 0.438 bits per heavy atom. The van der Waals surface area contributed by atoms with E-state index < -0.39 is 18.2 Å². The first-order valence-corrected chi connectivity index (χ1v) is 28.6. The van der Waals surface area contributed by atoms with Crippen molar-refractivity contribution in [1.82, 2.24) is 5.32 Å². The van der Waals surface area contributed by atoms with E-state index in [0.29, 0.717) is 19.3 Å². The number of allylic oxidation sites excluding steroid dienone is 4. The van der Waals surface area contributed by atoms with Crippen LogP contribution >= 0.6 is 0 Å². The van der Waals surface area contributed by atoms with Gasteiger partial charge in [0, 0.05) is 6.42 Å². The van der Waals surface area contributed by atoms with Crippen molar-refractivity contribution in [2.24, 2.45) is 0 Å². The van der Waals surface area contributed by atoms with Gasteiger partial charge >= 0.3 is 5.97 Å². The van der Waals surface area contributed by atoms with Crippen LogP contribution in [0.25, 0.3) is 0 Å². The van der Waals surface area contributed by atoms with Gasteiger partial charge in [0.25, 0.3) is 0 Å². The van der Waals surface area contributed by atoms with Gasteiger partial charge in [-0.15, -0.1) is 0 Å². The van der Waals surface area contributed by atoms with Crippen molar-refractivity contribution in [3.63, 3.8) is 0 Å². The van der Waals surface area contributed by atoms with Crippen molar-refractivity contribution < 1.29 is 24.5 Å². The largest absolute Gasteiger partial charge is 0.462 e. The first-order valence-electron chi connectivity index (χ1n) is 28.6. The summed E-state index contributed by atoms with van der Waals surface area (Å²) in [4.78, 5) is 26.2. The number of hydrogen-bond acceptors (Lipinski definition) is 5. The van der Waals surface area contributed by atoms with Gasteiger partial charge in [0.15, 0.2) is 0 Å². The minimum Gasteiger partial charge on any atom is -0.462 e. The highest BCUT2D eigenvalue weighted by atomic mass is 16.5. The Bertz CT molecular complexity index is 1010. The topological polar surface area (TPSA) is 95.9 Å². The molecule has 0 aliphatic rings. The van der Waals surface area contributed by atoms with E-state index in [4.69, 9.17) is 4.74 Å². The summed E-state index contributed by atoms with van der Waals surface area (Å²) in [6.07, 6.45) is 61.0. The van der Waals surface area contributed by atoms with Gasteiger partial charge in [-0.25, -0.2) is 0 Å². The van der Waals surface area contributed by atoms with Crippen LogP contribution in [0, 0.1) is 0 Å². The summed E-state index contributed by atoms with van der Waals surface area (Å²) >= 11 is 0. The molecule has 0 aliphatic heterocycles. The van der Waals surface area contributed by atoms with Crippen molar-refractivity contribution in [2.75, 3.05) is 6.61 Å². The Balaban J connectivity index is 4.52. The maximum absolute atomic E-state index is 13.3. The monoisotopic (exact) mass is 902 g/mol. The number of aliphatic hydroxyl groups is 2. The molecule has 0 bridgehead atoms. The predicted octanol–water partition coefficient (Wildman–Crippen LogP) is 17.5. The summed E-state index contributed by atoms with van der Waals surface area (Å²) in [5.74, 6) is -0.486. The predicted molar refractivity (Wildman–Crippen MR) is 278 cm³/mol. The fourth-order valence-corrected chi connectivity index (χ4v) is 8.89. The average Bonchev–Trinajstić information content (AvgIpc) is 3.29. The molecule has 3 N–H and O–H groups in total. The second-order valence-corrected chi connectivity index (χ2v) is 19.7. The lowest BCUT2D eigenvalue weighted by atomic mass is 10.0. The smallest absolute Gasteiger partial charge is 0.306 e. The lowest BCUT2D eigenvalue weighted by Crippen LogP contribution is -2.46. The third kappa shape index (κ3) is 46.9. The van der Waals surface area contributed by atoms with Crippen molar-refractivity contribution in [3.05, 3.63) is 24.3 Å². The maximum Gasteiger partial charge on any atom is 0.306 e. The molecule has 0 aromatic rings. The van der Waals surface area contributed by atoms with Crippen LogP contribution in [0.3, 0.4) is 0 Å². The summed E-state index contributed by atoms with van der Waals surface area (Å²) in [5, 5.41) is 23.9. The van der Waals surface area contributed by atoms with Gasteiger partial charge in [-0.1, -0.05) is 244 Å². The number of aliphatic hydroxyl groups excluding tert-OH is 2. The van der Waals surface area contributed by atoms with Gasteiger partial charge in [0.05, 0.1) is 25.2 Å². The van der Waals surface area contributed by atoms with Gasteiger partial charge in [-0.3, -0.25) is 9.59 Å². The van der Waals surface area contributed by atoms with Crippen LogP contribution in [-0.4, -0.2) is 46.9 Å². The molecule has 64 heavy (non-hydrogen) atoms. The van der Waals surface area contributed by atoms with E-state index in [1.54, 1.807) is 0 Å². The molecular formula is C58H111NO5. The van der Waals surface area contributed by atoms with Crippen LogP contribution in [0.2, 0.25) is 0 Å². The molecule has 378 valence electrons. The van der Waals surface area contributed by atoms with Gasteiger partial charge < -0.3 is 20.3 Å². The second-order valence-electron chi connectivity index (χ2n) is 19.7. The number of rotatable bonds is 52. The molecular weight excluding hydrogens is 791 g/mol. The van der Waals surface area contributed by atoms with Crippen LogP contribution in [0.5, 0.6) is 0 Å². The molecule has 3 atom stereocenters. The fraction of sp³-hybridized carbons (Fsp3) is 0.897. The zero-order valence-electron chi connectivity index (χ0n) is 43.2. The van der Waals surface area contributed by atoms with Crippen LogP contribution < -0.4 is 5.32 Å². The number of carbonyl (C=O) groups is 2. The number of ether oxygens (including phenoxy) is 1. The molecule has 0 spiro atoms. The summed E-state index contributed by atoms with van der Waals surface area (Å²) in [5.41, 5.74) is 0. The molecule has 6 heteroatoms. The third-order valence-corrected chi connectivity index (χ3v) is 13.3. The fourth-order valence-electron chi connectivity index (χ4n) is 8.89. The molecule has 0 heterocycles. The molecule has 0 fully saturated rings. The molecule has 1 amide bonds. The summed E-state index contributed by atoms with van der Waals surface area (Å²) in [6, 6.07) is -0.704. The van der Waals surface area contributed by atoms with Gasteiger partial charge in [-0.05, 0) is 77.0 Å². The highest BCUT2D eigenvalue weighted by Gasteiger charge is 2.24. The molecule has 0 aliphatic carbocycles. The minimum atomic E-state index is -0.790. The van der Waals surface area contributed by atoms with E-state index in [2.05, 4.69) is 50.4 Å². The molecule has 0 aromatic carbocycles. The van der Waals surface area contributed by atoms with Gasteiger partial charge in [0.1, 0.15) is 6.10 Å². The molecule has 3 unspecified atom stereocenters. The highest BCUT2D eigenvalue weighted by molar-refractivity contribution is 5.77. The molecule has 0 radical (unpaired) electrons. The zero-order chi connectivity index (χ0) is 46.7. The van der Waals surface area contributed by atoms with Crippen molar-refractivity contribution >= 4 is 11.9 Å². The maximum atomic E-state index is 13.3. The SMILES string of the molecule is CCCCCCCC/C=C\CCCCCC(=O)OC(CCCCCCC/C=C/CCCCCCCC)CC(=O)NC(CO)C(O)CCCCCCCCCCCCCCCCCCC. The Hall–Kier alpha value is -1.66. The van der Waals surface area contributed by atoms with E-state index in [-0.39, 0.29) is 24.9 Å². The van der Waals surface area contributed by atoms with E-state index in [9.17, 15) is 19.8 Å². The van der Waals surface area contributed by atoms with Crippen LogP contribution in [-0.2, 0) is 14.3 Å². The number of hydrogen-bond donors (Lipinski definition) is 3. The van der Waals surface area contributed by atoms with Crippen molar-refractivity contribution in [2.45, 2.75) is 328 Å². The quantitative estimate of drug-likeness (QED) is 0.0321. The minimum absolute atomic E-state index is 0.0703. The average molecular weight is 903 g/mol. The molecule has 0 aromatic heterocycles. The van der Waals surface area contributed by atoms with Gasteiger partial charge in [0.2, 0.25) is 5.91 Å². The Morgan fingerprint density at radius 2 is 0.750 bits per heavy atom. The van der Waals surface area contributed by atoms with E-state index in [0.717, 1.165) is 64.2 Å². The summed E-state index contributed by atoms with van der Waals surface area (Å²) < 4.78 is 5.94. The highest BCUT2D eigenvalue weighted by Crippen LogP contribution is 2.18. The Labute approximate surface area is 399 Å².